The Kier molecular flexibility index (Phi) is 9.67. The zero-order chi connectivity index (χ0) is 20.2. The normalized spacial score (nSPS) is 10.2. The molecule has 0 radical (unpaired) electrons. The van der Waals surface area contributed by atoms with Crippen LogP contribution in [0.15, 0.2) is 54.6 Å². The van der Waals surface area contributed by atoms with E-state index in [1.165, 1.54) is 17.8 Å². The second-order valence-electron chi connectivity index (χ2n) is 5.85. The fourth-order valence-corrected chi connectivity index (χ4v) is 4.34. The first kappa shape index (κ1) is 22.1. The molecule has 0 atom stereocenters. The summed E-state index contributed by atoms with van der Waals surface area (Å²) in [5.74, 6) is 0.343. The van der Waals surface area contributed by atoms with Crippen molar-refractivity contribution in [1.29, 1.82) is 0 Å². The summed E-state index contributed by atoms with van der Waals surface area (Å²) in [5.41, 5.74) is 0.966. The van der Waals surface area contributed by atoms with E-state index in [0.29, 0.717) is 13.1 Å². The fourth-order valence-electron chi connectivity index (χ4n) is 2.46. The number of nitrogens with zero attached hydrogens (tertiary/aromatic N) is 1. The Morgan fingerprint density at radius 2 is 1.43 bits per heavy atom. The van der Waals surface area contributed by atoms with Crippen molar-refractivity contribution in [3.8, 4) is 5.75 Å². The Hall–Kier alpha value is -2.23. The predicted molar refractivity (Wildman–Crippen MR) is 109 cm³/mol. The summed E-state index contributed by atoms with van der Waals surface area (Å²) in [6.07, 6.45) is 0.525. The van der Waals surface area contributed by atoms with Crippen molar-refractivity contribution in [2.45, 2.75) is 12.8 Å². The van der Waals surface area contributed by atoms with Crippen LogP contribution >= 0.6 is 0 Å². The molecule has 0 bridgehead atoms. The van der Waals surface area contributed by atoms with E-state index < -0.39 is 20.9 Å². The van der Waals surface area contributed by atoms with Crippen molar-refractivity contribution in [2.75, 3.05) is 36.9 Å². The number of carbonyl (C=O) groups is 2. The number of anilines is 1. The molecule has 0 heterocycles. The quantitative estimate of drug-likeness (QED) is 0.349. The molecule has 0 fully saturated rings. The molecule has 0 amide bonds. The predicted octanol–water partition coefficient (Wildman–Crippen LogP) is 1.99. The van der Waals surface area contributed by atoms with Gasteiger partial charge in [-0.2, -0.15) is 0 Å². The van der Waals surface area contributed by atoms with E-state index >= 15 is 0 Å². The van der Waals surface area contributed by atoms with Crippen LogP contribution in [0.1, 0.15) is 12.8 Å². The zero-order valence-electron chi connectivity index (χ0n) is 16.1. The minimum absolute atomic E-state index is 0.262. The summed E-state index contributed by atoms with van der Waals surface area (Å²) in [6.45, 7) is 0.966. The molecule has 0 saturated heterocycles. The number of esters is 2. The molecule has 0 spiro atoms. The minimum atomic E-state index is -0.456. The molecule has 28 heavy (non-hydrogen) atoms. The van der Waals surface area contributed by atoms with Gasteiger partial charge in [0.2, 0.25) is 0 Å². The number of benzene rings is 2. The van der Waals surface area contributed by atoms with Crippen molar-refractivity contribution >= 4 is 42.2 Å². The van der Waals surface area contributed by atoms with Crippen LogP contribution in [0.3, 0.4) is 0 Å². The third kappa shape index (κ3) is 7.79. The Balaban J connectivity index is 1.92. The summed E-state index contributed by atoms with van der Waals surface area (Å²) < 4.78 is 17.2. The number of hydrogen-bond donors (Lipinski definition) is 0. The van der Waals surface area contributed by atoms with E-state index in [1.54, 1.807) is 0 Å². The van der Waals surface area contributed by atoms with Gasteiger partial charge in [0, 0.05) is 0 Å². The van der Waals surface area contributed by atoms with Gasteiger partial charge in [-0.15, -0.1) is 0 Å². The number of rotatable bonds is 11. The van der Waals surface area contributed by atoms with Crippen LogP contribution in [0.5, 0.6) is 5.75 Å². The molecule has 0 aliphatic heterocycles. The zero-order valence-corrected chi connectivity index (χ0v) is 18.5. The van der Waals surface area contributed by atoms with Crippen LogP contribution in [-0.2, 0) is 19.1 Å². The summed E-state index contributed by atoms with van der Waals surface area (Å²) in [6, 6.07) is 18.0. The standard InChI is InChI=1S/C21H25NO5Te/c1-25-20(23)12-14-22(15-13-21(24)26-2)17-8-10-19(11-9-17)28-16-27-18-6-4-3-5-7-18/h3-11H,12-16H2,1-2H3. The molecule has 0 N–H and O–H groups in total. The topological polar surface area (TPSA) is 65.1 Å². The van der Waals surface area contributed by atoms with Crippen LogP contribution in [0.25, 0.3) is 0 Å². The van der Waals surface area contributed by atoms with Crippen molar-refractivity contribution < 1.29 is 23.8 Å². The second-order valence-corrected chi connectivity index (χ2v) is 8.69. The molecule has 2 aromatic rings. The number of carbonyl (C=O) groups excluding carboxylic acids is 2. The SMILES string of the molecule is COC(=O)CCN(CCC(=O)OC)c1ccc([Te]COc2ccccc2)cc1. The molecule has 0 unspecified atom stereocenters. The maximum atomic E-state index is 11.5. The van der Waals surface area contributed by atoms with E-state index in [1.807, 2.05) is 47.4 Å². The Morgan fingerprint density at radius 1 is 0.857 bits per heavy atom. The molecule has 2 aromatic carbocycles. The maximum absolute atomic E-state index is 11.5. The molecule has 0 saturated carbocycles. The van der Waals surface area contributed by atoms with E-state index in [-0.39, 0.29) is 24.8 Å². The van der Waals surface area contributed by atoms with E-state index in [4.69, 9.17) is 14.2 Å². The Bertz CT molecular complexity index is 716. The average molecular weight is 499 g/mol. The number of methoxy groups -OCH3 is 2. The summed E-state index contributed by atoms with van der Waals surface area (Å²) in [5, 5.41) is 0. The second kappa shape index (κ2) is 12.3. The first-order chi connectivity index (χ1) is 13.6. The van der Waals surface area contributed by atoms with Crippen LogP contribution in [0.2, 0.25) is 0 Å². The van der Waals surface area contributed by atoms with E-state index in [9.17, 15) is 9.59 Å². The van der Waals surface area contributed by atoms with Gasteiger partial charge in [-0.05, 0) is 0 Å². The first-order valence-electron chi connectivity index (χ1n) is 8.91. The molecule has 0 aliphatic rings. The molecular formula is C21H25NO5Te. The number of para-hydroxylation sites is 1. The third-order valence-electron chi connectivity index (χ3n) is 4.02. The monoisotopic (exact) mass is 501 g/mol. The third-order valence-corrected chi connectivity index (χ3v) is 6.42. The van der Waals surface area contributed by atoms with Gasteiger partial charge in [-0.1, -0.05) is 0 Å². The van der Waals surface area contributed by atoms with Crippen LogP contribution in [0.4, 0.5) is 5.69 Å². The van der Waals surface area contributed by atoms with Gasteiger partial charge in [-0.25, -0.2) is 0 Å². The molecular weight excluding hydrogens is 474 g/mol. The van der Waals surface area contributed by atoms with Crippen molar-refractivity contribution in [2.24, 2.45) is 0 Å². The van der Waals surface area contributed by atoms with Gasteiger partial charge in [-0.3, -0.25) is 0 Å². The Labute approximate surface area is 175 Å². The fraction of sp³-hybridized carbons (Fsp3) is 0.333. The van der Waals surface area contributed by atoms with Crippen molar-refractivity contribution in [1.82, 2.24) is 0 Å². The summed E-state index contributed by atoms with van der Waals surface area (Å²) in [7, 11) is 2.75. The van der Waals surface area contributed by atoms with Gasteiger partial charge in [0.15, 0.2) is 0 Å². The first-order valence-corrected chi connectivity index (χ1v) is 11.7. The van der Waals surface area contributed by atoms with Gasteiger partial charge >= 0.3 is 176 Å². The number of ether oxygens (including phenoxy) is 3. The average Bonchev–Trinajstić information content (AvgIpc) is 2.74. The van der Waals surface area contributed by atoms with E-state index in [2.05, 4.69) is 12.1 Å². The molecule has 6 nitrogen and oxygen atoms in total. The van der Waals surface area contributed by atoms with Gasteiger partial charge < -0.3 is 0 Å². The van der Waals surface area contributed by atoms with Crippen LogP contribution in [0, 0.1) is 0 Å². The molecule has 150 valence electrons. The molecule has 0 aromatic heterocycles. The van der Waals surface area contributed by atoms with Gasteiger partial charge in [0.05, 0.1) is 0 Å². The Morgan fingerprint density at radius 3 is 1.96 bits per heavy atom. The van der Waals surface area contributed by atoms with Gasteiger partial charge in [0.25, 0.3) is 0 Å². The summed E-state index contributed by atoms with van der Waals surface area (Å²) in [4.78, 5) is 25.0. The van der Waals surface area contributed by atoms with Crippen LogP contribution < -0.4 is 13.2 Å². The summed E-state index contributed by atoms with van der Waals surface area (Å²) >= 11 is -0.456. The molecule has 2 rings (SSSR count). The number of hydrogen-bond acceptors (Lipinski definition) is 6. The van der Waals surface area contributed by atoms with Crippen molar-refractivity contribution in [3.63, 3.8) is 0 Å². The molecule has 0 aliphatic carbocycles. The van der Waals surface area contributed by atoms with Crippen LogP contribution in [-0.4, -0.2) is 64.8 Å². The molecule has 7 heteroatoms. The van der Waals surface area contributed by atoms with Crippen molar-refractivity contribution in [3.05, 3.63) is 54.6 Å². The van der Waals surface area contributed by atoms with E-state index in [0.717, 1.165) is 16.1 Å². The van der Waals surface area contributed by atoms with Gasteiger partial charge in [0.1, 0.15) is 0 Å².